The third kappa shape index (κ3) is 8.11. The summed E-state index contributed by atoms with van der Waals surface area (Å²) in [5.41, 5.74) is 7.12. The first kappa shape index (κ1) is 35.0. The number of carbonyl (C=O) groups is 2. The molecule has 0 spiro atoms. The summed E-state index contributed by atoms with van der Waals surface area (Å²) < 4.78 is 22.1. The Morgan fingerprint density at radius 2 is 1.16 bits per heavy atom. The van der Waals surface area contributed by atoms with Gasteiger partial charge in [-0.1, -0.05) is 24.3 Å². The molecule has 2 aromatic carbocycles. The van der Waals surface area contributed by atoms with Gasteiger partial charge in [0.1, 0.15) is 22.9 Å². The largest absolute Gasteiger partial charge is 0.496 e. The molecule has 50 heavy (non-hydrogen) atoms. The Kier molecular flexibility index (Phi) is 11.3. The Hall–Kier alpha value is -4.88. The minimum absolute atomic E-state index is 0.249. The van der Waals surface area contributed by atoms with Crippen molar-refractivity contribution < 1.29 is 28.5 Å². The molecule has 2 amide bonds. The number of anilines is 2. The number of nitrogens with zero attached hydrogens (tertiary/aromatic N) is 2. The van der Waals surface area contributed by atoms with E-state index in [2.05, 4.69) is 31.2 Å². The van der Waals surface area contributed by atoms with Crippen molar-refractivity contribution in [1.82, 2.24) is 20.6 Å². The van der Waals surface area contributed by atoms with E-state index >= 15 is 0 Å². The van der Waals surface area contributed by atoms with Gasteiger partial charge in [0.05, 0.1) is 27.4 Å². The van der Waals surface area contributed by atoms with Crippen molar-refractivity contribution in [3.05, 3.63) is 94.6 Å². The van der Waals surface area contributed by atoms with Crippen molar-refractivity contribution in [2.75, 3.05) is 51.3 Å². The number of amides is 2. The second-order valence-electron chi connectivity index (χ2n) is 12.5. The van der Waals surface area contributed by atoms with Gasteiger partial charge >= 0.3 is 0 Å². The topological polar surface area (TPSA) is 145 Å². The van der Waals surface area contributed by atoms with Gasteiger partial charge in [0.15, 0.2) is 0 Å². The molecular formula is C38H44N6O6. The van der Waals surface area contributed by atoms with Crippen LogP contribution >= 0.6 is 0 Å². The summed E-state index contributed by atoms with van der Waals surface area (Å²) >= 11 is 0. The highest BCUT2D eigenvalue weighted by atomic mass is 16.5. The molecule has 262 valence electrons. The maximum Gasteiger partial charge on any atom is 0.274 e. The molecule has 2 atom stereocenters. The SMILES string of the molecule is COc1cc(C(=O)Nc2cccc(-c3cccc(NC(=O)c4cc(OC)c(CNC5CCOC5)cn4)c3C)c2C)ncc1CNC1CCOC1. The highest BCUT2D eigenvalue weighted by Gasteiger charge is 2.20. The molecule has 4 N–H and O–H groups in total. The summed E-state index contributed by atoms with van der Waals surface area (Å²) in [7, 11) is 3.17. The minimum atomic E-state index is -0.345. The van der Waals surface area contributed by atoms with Crippen molar-refractivity contribution in [3.63, 3.8) is 0 Å². The summed E-state index contributed by atoms with van der Waals surface area (Å²) in [6, 6.07) is 15.4. The van der Waals surface area contributed by atoms with Crippen LogP contribution in [0, 0.1) is 13.8 Å². The second kappa shape index (κ2) is 16.2. The van der Waals surface area contributed by atoms with Gasteiger partial charge in [0.2, 0.25) is 0 Å². The normalized spacial score (nSPS) is 17.0. The van der Waals surface area contributed by atoms with E-state index in [0.29, 0.717) is 61.3 Å². The van der Waals surface area contributed by atoms with Crippen LogP contribution in [0.2, 0.25) is 0 Å². The van der Waals surface area contributed by atoms with Crippen LogP contribution < -0.4 is 30.7 Å². The molecular weight excluding hydrogens is 636 g/mol. The molecule has 12 nitrogen and oxygen atoms in total. The lowest BCUT2D eigenvalue weighted by molar-refractivity contribution is 0.101. The number of aromatic nitrogens is 2. The highest BCUT2D eigenvalue weighted by molar-refractivity contribution is 6.05. The maximum atomic E-state index is 13.4. The number of methoxy groups -OCH3 is 2. The van der Waals surface area contributed by atoms with E-state index in [1.54, 1.807) is 38.7 Å². The van der Waals surface area contributed by atoms with E-state index in [4.69, 9.17) is 18.9 Å². The fourth-order valence-electron chi connectivity index (χ4n) is 6.22. The number of nitrogens with one attached hydrogen (secondary N) is 4. The molecule has 2 unspecified atom stereocenters. The van der Waals surface area contributed by atoms with E-state index in [0.717, 1.165) is 59.4 Å². The molecule has 0 saturated carbocycles. The predicted molar refractivity (Wildman–Crippen MR) is 191 cm³/mol. The lowest BCUT2D eigenvalue weighted by Crippen LogP contribution is -2.28. The maximum absolute atomic E-state index is 13.4. The van der Waals surface area contributed by atoms with Crippen LogP contribution in [0.15, 0.2) is 60.9 Å². The van der Waals surface area contributed by atoms with Crippen LogP contribution in [-0.2, 0) is 22.6 Å². The van der Waals surface area contributed by atoms with Crippen LogP contribution in [-0.4, -0.2) is 74.5 Å². The van der Waals surface area contributed by atoms with Crippen LogP contribution in [0.4, 0.5) is 11.4 Å². The zero-order valence-electron chi connectivity index (χ0n) is 28.9. The van der Waals surface area contributed by atoms with Gasteiger partial charge in [-0.25, -0.2) is 0 Å². The monoisotopic (exact) mass is 680 g/mol. The number of rotatable bonds is 13. The number of hydrogen-bond acceptors (Lipinski definition) is 10. The molecule has 2 aromatic heterocycles. The van der Waals surface area contributed by atoms with Gasteiger partial charge in [-0.2, -0.15) is 0 Å². The Morgan fingerprint density at radius 3 is 1.54 bits per heavy atom. The van der Waals surface area contributed by atoms with Crippen molar-refractivity contribution >= 4 is 23.2 Å². The average Bonchev–Trinajstić information content (AvgIpc) is 3.87. The molecule has 12 heteroatoms. The lowest BCUT2D eigenvalue weighted by atomic mass is 9.94. The van der Waals surface area contributed by atoms with Crippen molar-refractivity contribution in [2.45, 2.75) is 51.9 Å². The van der Waals surface area contributed by atoms with Gasteiger partial charge in [-0.3, -0.25) is 19.6 Å². The third-order valence-corrected chi connectivity index (χ3v) is 9.27. The summed E-state index contributed by atoms with van der Waals surface area (Å²) in [5, 5.41) is 13.0. The van der Waals surface area contributed by atoms with Crippen molar-refractivity contribution in [3.8, 4) is 22.6 Å². The number of pyridine rings is 2. The molecule has 2 aliphatic heterocycles. The standard InChI is InChI=1S/C38H44N6O6/c1-23-29(7-5-9-31(23)43-37(45)33-15-35(47-3)25(19-41-33)17-39-27-11-13-49-21-27)30-8-6-10-32(24(30)2)44-38(46)34-16-36(48-4)26(20-42-34)18-40-28-12-14-50-22-28/h5-10,15-16,19-20,27-28,39-40H,11-14,17-18,21-22H2,1-4H3,(H,43,45)(H,44,46). The fourth-order valence-corrected chi connectivity index (χ4v) is 6.22. The zero-order chi connectivity index (χ0) is 35.0. The number of ether oxygens (including phenoxy) is 4. The first-order valence-corrected chi connectivity index (χ1v) is 16.8. The molecule has 0 aliphatic carbocycles. The van der Waals surface area contributed by atoms with Gasteiger partial charge in [-0.15, -0.1) is 0 Å². The minimum Gasteiger partial charge on any atom is -0.496 e. The van der Waals surface area contributed by atoms with Crippen LogP contribution in [0.1, 0.15) is 56.1 Å². The van der Waals surface area contributed by atoms with Crippen molar-refractivity contribution in [2.24, 2.45) is 0 Å². The smallest absolute Gasteiger partial charge is 0.274 e. The fraction of sp³-hybridized carbons (Fsp3) is 0.368. The quantitative estimate of drug-likeness (QED) is 0.152. The molecule has 6 rings (SSSR count). The third-order valence-electron chi connectivity index (χ3n) is 9.27. The Labute approximate surface area is 292 Å². The van der Waals surface area contributed by atoms with Crippen LogP contribution in [0.25, 0.3) is 11.1 Å². The molecule has 2 saturated heterocycles. The van der Waals surface area contributed by atoms with E-state index < -0.39 is 0 Å². The molecule has 2 fully saturated rings. The molecule has 0 radical (unpaired) electrons. The summed E-state index contributed by atoms with van der Waals surface area (Å²) in [5.74, 6) is 0.491. The first-order chi connectivity index (χ1) is 24.3. The molecule has 2 aliphatic rings. The van der Waals surface area contributed by atoms with E-state index in [1.165, 1.54) is 0 Å². The number of benzene rings is 2. The Morgan fingerprint density at radius 1 is 0.720 bits per heavy atom. The summed E-state index contributed by atoms with van der Waals surface area (Å²) in [6.07, 6.45) is 5.27. The molecule has 4 aromatic rings. The van der Waals surface area contributed by atoms with Gasteiger partial charge in [0.25, 0.3) is 11.8 Å². The summed E-state index contributed by atoms with van der Waals surface area (Å²) in [6.45, 7) is 7.93. The van der Waals surface area contributed by atoms with Gasteiger partial charge in [-0.05, 0) is 61.1 Å². The van der Waals surface area contributed by atoms with Crippen LogP contribution in [0.3, 0.4) is 0 Å². The number of carbonyl (C=O) groups excluding carboxylic acids is 2. The Balaban J connectivity index is 1.14. The average molecular weight is 681 g/mol. The lowest BCUT2D eigenvalue weighted by Gasteiger charge is -2.17. The van der Waals surface area contributed by atoms with E-state index in [9.17, 15) is 9.59 Å². The van der Waals surface area contributed by atoms with Crippen LogP contribution in [0.5, 0.6) is 11.5 Å². The van der Waals surface area contributed by atoms with E-state index in [-0.39, 0.29) is 23.2 Å². The highest BCUT2D eigenvalue weighted by Crippen LogP contribution is 2.34. The zero-order valence-corrected chi connectivity index (χ0v) is 28.9. The first-order valence-electron chi connectivity index (χ1n) is 16.8. The van der Waals surface area contributed by atoms with Gasteiger partial charge in [0, 0.05) is 85.4 Å². The molecule has 4 heterocycles. The van der Waals surface area contributed by atoms with Gasteiger partial charge < -0.3 is 40.2 Å². The Bertz CT molecular complexity index is 1700. The molecule has 0 bridgehead atoms. The summed E-state index contributed by atoms with van der Waals surface area (Å²) in [4.78, 5) is 35.6. The number of hydrogen-bond donors (Lipinski definition) is 4. The van der Waals surface area contributed by atoms with Crippen molar-refractivity contribution in [1.29, 1.82) is 0 Å². The predicted octanol–water partition coefficient (Wildman–Crippen LogP) is 5.04. The van der Waals surface area contributed by atoms with E-state index in [1.807, 2.05) is 50.2 Å². The second-order valence-corrected chi connectivity index (χ2v) is 12.5.